The standard InChI is InChI=1S/C15H27NO3S/c1-15(2,3)19-14(18)16-13(9-17)11-20-10-12-7-5-4-6-8-12/h9,12-13H,4-8,10-11H2,1-3H3,(H,16,18)/t13-/m1/s1. The van der Waals surface area contributed by atoms with Gasteiger partial charge >= 0.3 is 6.09 Å². The van der Waals surface area contributed by atoms with Gasteiger partial charge in [-0.2, -0.15) is 11.8 Å². The van der Waals surface area contributed by atoms with Crippen LogP contribution in [0.5, 0.6) is 0 Å². The summed E-state index contributed by atoms with van der Waals surface area (Å²) >= 11 is 1.75. The second kappa shape index (κ2) is 8.55. The summed E-state index contributed by atoms with van der Waals surface area (Å²) in [6.45, 7) is 5.42. The first-order valence-corrected chi connectivity index (χ1v) is 8.59. The molecule has 20 heavy (non-hydrogen) atoms. The lowest BCUT2D eigenvalue weighted by molar-refractivity contribution is -0.109. The van der Waals surface area contributed by atoms with Crippen LogP contribution in [0.3, 0.4) is 0 Å². The van der Waals surface area contributed by atoms with Gasteiger partial charge in [0.15, 0.2) is 0 Å². The van der Waals surface area contributed by atoms with E-state index in [9.17, 15) is 9.59 Å². The van der Waals surface area contributed by atoms with Gasteiger partial charge in [0.2, 0.25) is 0 Å². The fourth-order valence-corrected chi connectivity index (χ4v) is 3.51. The van der Waals surface area contributed by atoms with E-state index in [1.54, 1.807) is 32.5 Å². The van der Waals surface area contributed by atoms with Gasteiger partial charge in [-0.1, -0.05) is 19.3 Å². The van der Waals surface area contributed by atoms with Gasteiger partial charge < -0.3 is 14.8 Å². The minimum Gasteiger partial charge on any atom is -0.444 e. The summed E-state index contributed by atoms with van der Waals surface area (Å²) in [4.78, 5) is 22.6. The van der Waals surface area contributed by atoms with Crippen LogP contribution in [0.25, 0.3) is 0 Å². The van der Waals surface area contributed by atoms with Crippen LogP contribution in [0.15, 0.2) is 0 Å². The molecule has 1 aliphatic carbocycles. The number of alkyl carbamates (subject to hydrolysis) is 1. The Labute approximate surface area is 126 Å². The van der Waals surface area contributed by atoms with Crippen LogP contribution in [0.2, 0.25) is 0 Å². The summed E-state index contributed by atoms with van der Waals surface area (Å²) in [5.41, 5.74) is -0.535. The highest BCUT2D eigenvalue weighted by molar-refractivity contribution is 7.99. The quantitative estimate of drug-likeness (QED) is 0.764. The fraction of sp³-hybridized carbons (Fsp3) is 0.867. The van der Waals surface area contributed by atoms with Crippen LogP contribution >= 0.6 is 11.8 Å². The Morgan fingerprint density at radius 3 is 2.55 bits per heavy atom. The third kappa shape index (κ3) is 7.78. The molecule has 0 unspecified atom stereocenters. The molecule has 116 valence electrons. The molecule has 0 spiro atoms. The zero-order valence-electron chi connectivity index (χ0n) is 12.8. The lowest BCUT2D eigenvalue weighted by atomic mass is 9.91. The van der Waals surface area contributed by atoms with Crippen molar-refractivity contribution >= 4 is 24.1 Å². The maximum Gasteiger partial charge on any atom is 0.408 e. The van der Waals surface area contributed by atoms with Crippen molar-refractivity contribution in [3.63, 3.8) is 0 Å². The molecule has 1 aliphatic rings. The van der Waals surface area contributed by atoms with Crippen LogP contribution in [0.1, 0.15) is 52.9 Å². The van der Waals surface area contributed by atoms with E-state index in [-0.39, 0.29) is 0 Å². The average Bonchev–Trinajstić information content (AvgIpc) is 2.36. The van der Waals surface area contributed by atoms with Crippen LogP contribution < -0.4 is 5.32 Å². The molecule has 0 heterocycles. The van der Waals surface area contributed by atoms with Crippen molar-refractivity contribution in [3.8, 4) is 0 Å². The number of hydrogen-bond donors (Lipinski definition) is 1. The lowest BCUT2D eigenvalue weighted by Crippen LogP contribution is -2.41. The summed E-state index contributed by atoms with van der Waals surface area (Å²) < 4.78 is 5.15. The van der Waals surface area contributed by atoms with E-state index in [4.69, 9.17) is 4.74 Å². The van der Waals surface area contributed by atoms with E-state index in [0.29, 0.717) is 5.75 Å². The van der Waals surface area contributed by atoms with E-state index < -0.39 is 17.7 Å². The van der Waals surface area contributed by atoms with Crippen molar-refractivity contribution in [1.82, 2.24) is 5.32 Å². The third-order valence-electron chi connectivity index (χ3n) is 3.24. The highest BCUT2D eigenvalue weighted by Crippen LogP contribution is 2.26. The second-order valence-electron chi connectivity index (χ2n) is 6.43. The molecule has 4 nitrogen and oxygen atoms in total. The van der Waals surface area contributed by atoms with Crippen molar-refractivity contribution in [3.05, 3.63) is 0 Å². The molecule has 1 atom stereocenters. The predicted octanol–water partition coefficient (Wildman–Crippen LogP) is 3.39. The number of carbonyl (C=O) groups is 2. The van der Waals surface area contributed by atoms with Crippen LogP contribution in [0, 0.1) is 5.92 Å². The van der Waals surface area contributed by atoms with E-state index in [1.807, 2.05) is 0 Å². The van der Waals surface area contributed by atoms with E-state index in [1.165, 1.54) is 32.1 Å². The maximum absolute atomic E-state index is 11.6. The van der Waals surface area contributed by atoms with E-state index in [0.717, 1.165) is 18.0 Å². The first-order valence-electron chi connectivity index (χ1n) is 7.43. The number of ether oxygens (including phenoxy) is 1. The first-order chi connectivity index (χ1) is 9.40. The molecular weight excluding hydrogens is 274 g/mol. The molecule has 0 aromatic rings. The summed E-state index contributed by atoms with van der Waals surface area (Å²) in [5.74, 6) is 2.49. The molecule has 1 fully saturated rings. The third-order valence-corrected chi connectivity index (χ3v) is 4.54. The number of aldehydes is 1. The van der Waals surface area contributed by atoms with Gasteiger partial charge in [0.05, 0.1) is 6.04 Å². The van der Waals surface area contributed by atoms with E-state index >= 15 is 0 Å². The van der Waals surface area contributed by atoms with Gasteiger partial charge in [0, 0.05) is 5.75 Å². The minimum absolute atomic E-state index is 0.460. The molecule has 0 aromatic heterocycles. The minimum atomic E-state index is -0.535. The molecule has 0 bridgehead atoms. The van der Waals surface area contributed by atoms with E-state index in [2.05, 4.69) is 5.32 Å². The summed E-state index contributed by atoms with van der Waals surface area (Å²) in [7, 11) is 0. The van der Waals surface area contributed by atoms with Crippen molar-refractivity contribution < 1.29 is 14.3 Å². The zero-order valence-corrected chi connectivity index (χ0v) is 13.6. The number of amides is 1. The summed E-state index contributed by atoms with van der Waals surface area (Å²) in [6, 6.07) is -0.460. The van der Waals surface area contributed by atoms with Crippen LogP contribution in [-0.4, -0.2) is 35.5 Å². The summed E-state index contributed by atoms with van der Waals surface area (Å²) in [5, 5.41) is 2.61. The predicted molar refractivity (Wildman–Crippen MR) is 83.1 cm³/mol. The molecular formula is C15H27NO3S. The van der Waals surface area contributed by atoms with Gasteiger partial charge in [-0.3, -0.25) is 0 Å². The number of hydrogen-bond acceptors (Lipinski definition) is 4. The smallest absolute Gasteiger partial charge is 0.408 e. The van der Waals surface area contributed by atoms with Gasteiger partial charge in [0.25, 0.3) is 0 Å². The van der Waals surface area contributed by atoms with Crippen LogP contribution in [-0.2, 0) is 9.53 Å². The molecule has 0 aromatic carbocycles. The summed E-state index contributed by atoms with van der Waals surface area (Å²) in [6.07, 6.45) is 6.90. The van der Waals surface area contributed by atoms with Crippen molar-refractivity contribution in [2.45, 2.75) is 64.5 Å². The highest BCUT2D eigenvalue weighted by Gasteiger charge is 2.20. The SMILES string of the molecule is CC(C)(C)OC(=O)N[C@H](C=O)CSCC1CCCCC1. The number of nitrogens with one attached hydrogen (secondary N) is 1. The van der Waals surface area contributed by atoms with Gasteiger partial charge in [-0.05, 0) is 45.3 Å². The molecule has 1 N–H and O–H groups in total. The maximum atomic E-state index is 11.6. The molecule has 1 saturated carbocycles. The Morgan fingerprint density at radius 1 is 1.35 bits per heavy atom. The van der Waals surface area contributed by atoms with Crippen molar-refractivity contribution in [2.75, 3.05) is 11.5 Å². The Morgan fingerprint density at radius 2 is 2.00 bits per heavy atom. The number of thioether (sulfide) groups is 1. The van der Waals surface area contributed by atoms with Gasteiger partial charge in [0.1, 0.15) is 11.9 Å². The highest BCUT2D eigenvalue weighted by atomic mass is 32.2. The molecule has 1 rings (SSSR count). The first kappa shape index (κ1) is 17.3. The Kier molecular flexibility index (Phi) is 7.41. The fourth-order valence-electron chi connectivity index (χ4n) is 2.29. The molecule has 0 aliphatic heterocycles. The zero-order chi connectivity index (χ0) is 15.0. The number of rotatable bonds is 6. The van der Waals surface area contributed by atoms with Crippen molar-refractivity contribution in [1.29, 1.82) is 0 Å². The second-order valence-corrected chi connectivity index (χ2v) is 7.51. The molecule has 0 saturated heterocycles. The monoisotopic (exact) mass is 301 g/mol. The number of carbonyl (C=O) groups excluding carboxylic acids is 2. The molecule has 0 radical (unpaired) electrons. The molecule has 1 amide bonds. The Hall–Kier alpha value is -0.710. The Balaban J connectivity index is 2.21. The van der Waals surface area contributed by atoms with Gasteiger partial charge in [-0.25, -0.2) is 4.79 Å². The van der Waals surface area contributed by atoms with Crippen molar-refractivity contribution in [2.24, 2.45) is 5.92 Å². The average molecular weight is 301 g/mol. The van der Waals surface area contributed by atoms with Gasteiger partial charge in [-0.15, -0.1) is 0 Å². The lowest BCUT2D eigenvalue weighted by Gasteiger charge is -2.23. The van der Waals surface area contributed by atoms with Crippen LogP contribution in [0.4, 0.5) is 4.79 Å². The Bertz CT molecular complexity index is 309. The largest absolute Gasteiger partial charge is 0.444 e. The topological polar surface area (TPSA) is 55.4 Å². The molecule has 5 heteroatoms. The normalized spacial score (nSPS) is 18.4.